The lowest BCUT2D eigenvalue weighted by molar-refractivity contribution is -0.385. The van der Waals surface area contributed by atoms with E-state index in [0.29, 0.717) is 0 Å². The SMILES string of the molecule is C[C@@H]1CCC[C@@H](C)N1C(=O)Cn1cc([N+](=O)[O-])ccc1=O. The minimum Gasteiger partial charge on any atom is -0.336 e. The molecule has 1 saturated heterocycles. The van der Waals surface area contributed by atoms with E-state index < -0.39 is 10.5 Å². The Morgan fingerprint density at radius 1 is 1.33 bits per heavy atom. The number of rotatable bonds is 3. The van der Waals surface area contributed by atoms with Gasteiger partial charge in [-0.15, -0.1) is 0 Å². The zero-order chi connectivity index (χ0) is 15.6. The van der Waals surface area contributed by atoms with Gasteiger partial charge < -0.3 is 4.90 Å². The number of nitro groups is 1. The van der Waals surface area contributed by atoms with Crippen LogP contribution in [0.1, 0.15) is 33.1 Å². The van der Waals surface area contributed by atoms with Crippen molar-refractivity contribution in [2.45, 2.75) is 51.7 Å². The van der Waals surface area contributed by atoms with Gasteiger partial charge >= 0.3 is 0 Å². The molecule has 0 unspecified atom stereocenters. The van der Waals surface area contributed by atoms with Crippen LogP contribution in [0.15, 0.2) is 23.1 Å². The van der Waals surface area contributed by atoms with E-state index in [1.165, 1.54) is 0 Å². The monoisotopic (exact) mass is 293 g/mol. The summed E-state index contributed by atoms with van der Waals surface area (Å²) in [6, 6.07) is 2.54. The highest BCUT2D eigenvalue weighted by Crippen LogP contribution is 2.22. The normalized spacial score (nSPS) is 22.1. The molecule has 1 aromatic heterocycles. The second-order valence-electron chi connectivity index (χ2n) is 5.54. The number of hydrogen-bond donors (Lipinski definition) is 0. The highest BCUT2D eigenvalue weighted by molar-refractivity contribution is 5.76. The van der Waals surface area contributed by atoms with E-state index in [9.17, 15) is 19.7 Å². The molecule has 0 bridgehead atoms. The fourth-order valence-electron chi connectivity index (χ4n) is 2.89. The molecular formula is C14H19N3O4. The molecule has 0 aromatic carbocycles. The number of piperidine rings is 1. The van der Waals surface area contributed by atoms with E-state index in [2.05, 4.69) is 0 Å². The maximum absolute atomic E-state index is 12.4. The van der Waals surface area contributed by atoms with Crippen molar-refractivity contribution in [3.05, 3.63) is 38.8 Å². The molecule has 21 heavy (non-hydrogen) atoms. The minimum absolute atomic E-state index is 0.135. The Morgan fingerprint density at radius 3 is 2.52 bits per heavy atom. The fraction of sp³-hybridized carbons (Fsp3) is 0.571. The Morgan fingerprint density at radius 2 is 1.95 bits per heavy atom. The van der Waals surface area contributed by atoms with Crippen LogP contribution in [-0.2, 0) is 11.3 Å². The molecule has 0 radical (unpaired) electrons. The second-order valence-corrected chi connectivity index (χ2v) is 5.54. The Kier molecular flexibility index (Phi) is 4.40. The van der Waals surface area contributed by atoms with Crippen molar-refractivity contribution in [3.8, 4) is 0 Å². The Bertz CT molecular complexity index is 600. The van der Waals surface area contributed by atoms with E-state index >= 15 is 0 Å². The highest BCUT2D eigenvalue weighted by atomic mass is 16.6. The third-order valence-electron chi connectivity index (χ3n) is 3.97. The lowest BCUT2D eigenvalue weighted by atomic mass is 9.97. The number of likely N-dealkylation sites (tertiary alicyclic amines) is 1. The standard InChI is InChI=1S/C14H19N3O4/c1-10-4-3-5-11(2)16(10)14(19)9-15-8-12(17(20)21)6-7-13(15)18/h6-8,10-11H,3-5,9H2,1-2H3/t10-,11-/m1/s1. The lowest BCUT2D eigenvalue weighted by Gasteiger charge is -2.39. The number of amides is 1. The molecule has 114 valence electrons. The maximum Gasteiger partial charge on any atom is 0.285 e. The van der Waals surface area contributed by atoms with Crippen molar-refractivity contribution < 1.29 is 9.72 Å². The molecule has 7 nitrogen and oxygen atoms in total. The van der Waals surface area contributed by atoms with Crippen LogP contribution in [0.25, 0.3) is 0 Å². The molecule has 1 aliphatic heterocycles. The first-order valence-corrected chi connectivity index (χ1v) is 7.06. The summed E-state index contributed by atoms with van der Waals surface area (Å²) in [5.41, 5.74) is -0.603. The zero-order valence-electron chi connectivity index (χ0n) is 12.2. The molecule has 2 rings (SSSR count). The van der Waals surface area contributed by atoms with Gasteiger partial charge in [-0.2, -0.15) is 0 Å². The van der Waals surface area contributed by atoms with Crippen molar-refractivity contribution in [2.75, 3.05) is 0 Å². The van der Waals surface area contributed by atoms with E-state index in [4.69, 9.17) is 0 Å². The van der Waals surface area contributed by atoms with Gasteiger partial charge in [0.2, 0.25) is 5.91 Å². The first-order chi connectivity index (χ1) is 9.90. The average Bonchev–Trinajstić information content (AvgIpc) is 2.40. The molecule has 1 amide bonds. The van der Waals surface area contributed by atoms with Gasteiger partial charge in [0.15, 0.2) is 0 Å². The van der Waals surface area contributed by atoms with Crippen LogP contribution in [-0.4, -0.2) is 32.4 Å². The third-order valence-corrected chi connectivity index (χ3v) is 3.97. The van der Waals surface area contributed by atoms with Gasteiger partial charge in [0.1, 0.15) is 6.54 Å². The molecule has 1 fully saturated rings. The summed E-state index contributed by atoms with van der Waals surface area (Å²) < 4.78 is 1.11. The Hall–Kier alpha value is -2.18. The summed E-state index contributed by atoms with van der Waals surface area (Å²) in [4.78, 5) is 36.1. The Balaban J connectivity index is 2.21. The molecular weight excluding hydrogens is 274 g/mol. The molecule has 7 heteroatoms. The van der Waals surface area contributed by atoms with E-state index in [-0.39, 0.29) is 30.2 Å². The van der Waals surface area contributed by atoms with Gasteiger partial charge in [-0.3, -0.25) is 24.3 Å². The van der Waals surface area contributed by atoms with Crippen LogP contribution in [0.3, 0.4) is 0 Å². The first-order valence-electron chi connectivity index (χ1n) is 7.06. The smallest absolute Gasteiger partial charge is 0.285 e. The van der Waals surface area contributed by atoms with Crippen LogP contribution in [0.2, 0.25) is 0 Å². The lowest BCUT2D eigenvalue weighted by Crippen LogP contribution is -2.49. The van der Waals surface area contributed by atoms with E-state index in [1.807, 2.05) is 13.8 Å². The zero-order valence-corrected chi connectivity index (χ0v) is 12.2. The van der Waals surface area contributed by atoms with Gasteiger partial charge in [-0.25, -0.2) is 0 Å². The number of pyridine rings is 1. The van der Waals surface area contributed by atoms with Gasteiger partial charge in [0, 0.05) is 24.2 Å². The van der Waals surface area contributed by atoms with Crippen LogP contribution in [0.4, 0.5) is 5.69 Å². The summed E-state index contributed by atoms with van der Waals surface area (Å²) in [7, 11) is 0. The quantitative estimate of drug-likeness (QED) is 0.625. The van der Waals surface area contributed by atoms with Crippen LogP contribution < -0.4 is 5.56 Å². The maximum atomic E-state index is 12.4. The summed E-state index contributed by atoms with van der Waals surface area (Å²) in [6.45, 7) is 3.82. The average molecular weight is 293 g/mol. The van der Waals surface area contributed by atoms with Gasteiger partial charge in [0.05, 0.1) is 11.1 Å². The van der Waals surface area contributed by atoms with E-state index in [1.54, 1.807) is 4.90 Å². The molecule has 2 atom stereocenters. The summed E-state index contributed by atoms with van der Waals surface area (Å²) in [5.74, 6) is -0.169. The number of aromatic nitrogens is 1. The molecule has 0 spiro atoms. The van der Waals surface area contributed by atoms with Crippen molar-refractivity contribution in [1.82, 2.24) is 9.47 Å². The minimum atomic E-state index is -0.577. The predicted molar refractivity (Wildman–Crippen MR) is 77.0 cm³/mol. The summed E-state index contributed by atoms with van der Waals surface area (Å²) >= 11 is 0. The molecule has 0 saturated carbocycles. The van der Waals surface area contributed by atoms with Gasteiger partial charge in [-0.05, 0) is 33.1 Å². The molecule has 1 aliphatic rings. The largest absolute Gasteiger partial charge is 0.336 e. The topological polar surface area (TPSA) is 85.4 Å². The van der Waals surface area contributed by atoms with Crippen molar-refractivity contribution in [2.24, 2.45) is 0 Å². The number of nitrogens with zero attached hydrogens (tertiary/aromatic N) is 3. The number of carbonyl (C=O) groups is 1. The van der Waals surface area contributed by atoms with Gasteiger partial charge in [0.25, 0.3) is 11.2 Å². The van der Waals surface area contributed by atoms with Crippen LogP contribution in [0, 0.1) is 10.1 Å². The first kappa shape index (κ1) is 15.2. The van der Waals surface area contributed by atoms with Crippen molar-refractivity contribution in [1.29, 1.82) is 0 Å². The van der Waals surface area contributed by atoms with Crippen LogP contribution in [0.5, 0.6) is 0 Å². The second kappa shape index (κ2) is 6.07. The number of carbonyl (C=O) groups excluding carboxylic acids is 1. The van der Waals surface area contributed by atoms with Gasteiger partial charge in [-0.1, -0.05) is 0 Å². The molecule has 2 heterocycles. The summed E-state index contributed by atoms with van der Waals surface area (Å²) in [5, 5.41) is 10.8. The van der Waals surface area contributed by atoms with Crippen molar-refractivity contribution in [3.63, 3.8) is 0 Å². The summed E-state index contributed by atoms with van der Waals surface area (Å²) in [6.07, 6.45) is 4.10. The van der Waals surface area contributed by atoms with E-state index in [0.717, 1.165) is 42.2 Å². The Labute approximate surface area is 122 Å². The van der Waals surface area contributed by atoms with Crippen molar-refractivity contribution >= 4 is 11.6 Å². The fourth-order valence-corrected chi connectivity index (χ4v) is 2.89. The predicted octanol–water partition coefficient (Wildman–Crippen LogP) is 1.55. The third kappa shape index (κ3) is 3.29. The number of hydrogen-bond acceptors (Lipinski definition) is 4. The van der Waals surface area contributed by atoms with Crippen LogP contribution >= 0.6 is 0 Å². The molecule has 0 N–H and O–H groups in total. The molecule has 1 aromatic rings. The molecule has 0 aliphatic carbocycles. The highest BCUT2D eigenvalue weighted by Gasteiger charge is 2.29.